The molecule has 76 valence electrons. The maximum atomic E-state index is 9.46. The minimum Gasteiger partial charge on any atom is -0.489 e. The van der Waals surface area contributed by atoms with Crippen LogP contribution in [0.1, 0.15) is 25.7 Å². The standard InChI is InChI=1S/C11H15NO2/c13-9-3-1-4-10(7-9)14-11-5-2-6-12-8-11/h2,5-6,8-10,13H,1,3-4,7H2. The Balaban J connectivity index is 1.91. The van der Waals surface area contributed by atoms with Gasteiger partial charge < -0.3 is 9.84 Å². The Kier molecular flexibility index (Phi) is 2.99. The van der Waals surface area contributed by atoms with Crippen LogP contribution >= 0.6 is 0 Å². The molecule has 1 aliphatic rings. The second-order valence-corrected chi connectivity index (χ2v) is 3.75. The summed E-state index contributed by atoms with van der Waals surface area (Å²) in [5.74, 6) is 0.798. The van der Waals surface area contributed by atoms with Gasteiger partial charge in [0.25, 0.3) is 0 Å². The minimum absolute atomic E-state index is 0.156. The number of ether oxygens (including phenoxy) is 1. The fourth-order valence-electron chi connectivity index (χ4n) is 1.84. The van der Waals surface area contributed by atoms with E-state index in [0.29, 0.717) is 0 Å². The summed E-state index contributed by atoms with van der Waals surface area (Å²) in [5, 5.41) is 9.46. The van der Waals surface area contributed by atoms with E-state index in [-0.39, 0.29) is 12.2 Å². The number of aliphatic hydroxyl groups is 1. The second kappa shape index (κ2) is 4.42. The van der Waals surface area contributed by atoms with Crippen LogP contribution in [0, 0.1) is 0 Å². The van der Waals surface area contributed by atoms with Gasteiger partial charge in [0.2, 0.25) is 0 Å². The fourth-order valence-corrected chi connectivity index (χ4v) is 1.84. The van der Waals surface area contributed by atoms with E-state index >= 15 is 0 Å². The van der Waals surface area contributed by atoms with E-state index in [9.17, 15) is 5.11 Å². The Morgan fingerprint density at radius 3 is 3.07 bits per heavy atom. The average Bonchev–Trinajstić information content (AvgIpc) is 2.19. The van der Waals surface area contributed by atoms with Crippen LogP contribution in [0.2, 0.25) is 0 Å². The summed E-state index contributed by atoms with van der Waals surface area (Å²) >= 11 is 0. The molecule has 0 radical (unpaired) electrons. The number of aromatic nitrogens is 1. The molecular formula is C11H15NO2. The molecular weight excluding hydrogens is 178 g/mol. The number of hydrogen-bond acceptors (Lipinski definition) is 3. The van der Waals surface area contributed by atoms with Crippen LogP contribution < -0.4 is 4.74 Å². The molecule has 1 fully saturated rings. The lowest BCUT2D eigenvalue weighted by Crippen LogP contribution is -2.28. The van der Waals surface area contributed by atoms with Gasteiger partial charge in [0.15, 0.2) is 0 Å². The zero-order valence-corrected chi connectivity index (χ0v) is 8.10. The molecule has 3 nitrogen and oxygen atoms in total. The van der Waals surface area contributed by atoms with Gasteiger partial charge in [-0.2, -0.15) is 0 Å². The van der Waals surface area contributed by atoms with Crippen LogP contribution in [0.25, 0.3) is 0 Å². The molecule has 1 aromatic rings. The molecule has 1 heterocycles. The van der Waals surface area contributed by atoms with Gasteiger partial charge in [0.1, 0.15) is 11.9 Å². The van der Waals surface area contributed by atoms with Crippen molar-refractivity contribution in [2.75, 3.05) is 0 Å². The molecule has 0 spiro atoms. The Labute approximate surface area is 83.7 Å². The molecule has 0 aliphatic heterocycles. The van der Waals surface area contributed by atoms with Crippen molar-refractivity contribution in [3.05, 3.63) is 24.5 Å². The quantitative estimate of drug-likeness (QED) is 0.778. The summed E-state index contributed by atoms with van der Waals surface area (Å²) in [4.78, 5) is 3.98. The van der Waals surface area contributed by atoms with Gasteiger partial charge in [-0.15, -0.1) is 0 Å². The Morgan fingerprint density at radius 2 is 2.36 bits per heavy atom. The molecule has 3 heteroatoms. The number of pyridine rings is 1. The summed E-state index contributed by atoms with van der Waals surface area (Å²) in [7, 11) is 0. The van der Waals surface area contributed by atoms with Crippen LogP contribution in [0.5, 0.6) is 5.75 Å². The molecule has 2 atom stereocenters. The largest absolute Gasteiger partial charge is 0.489 e. The zero-order chi connectivity index (χ0) is 9.80. The van der Waals surface area contributed by atoms with Crippen LogP contribution in [0.4, 0.5) is 0 Å². The van der Waals surface area contributed by atoms with Crippen molar-refractivity contribution in [1.82, 2.24) is 4.98 Å². The Bertz CT molecular complexity index is 276. The van der Waals surface area contributed by atoms with Gasteiger partial charge in [-0.3, -0.25) is 4.98 Å². The first-order chi connectivity index (χ1) is 6.84. The highest BCUT2D eigenvalue weighted by Gasteiger charge is 2.21. The normalized spacial score (nSPS) is 27.2. The maximum Gasteiger partial charge on any atom is 0.137 e. The van der Waals surface area contributed by atoms with Crippen molar-refractivity contribution in [2.24, 2.45) is 0 Å². The summed E-state index contributed by atoms with van der Waals surface area (Å²) < 4.78 is 5.70. The molecule has 0 bridgehead atoms. The second-order valence-electron chi connectivity index (χ2n) is 3.75. The summed E-state index contributed by atoms with van der Waals surface area (Å²) in [6.45, 7) is 0. The maximum absolute atomic E-state index is 9.46. The highest BCUT2D eigenvalue weighted by atomic mass is 16.5. The first-order valence-electron chi connectivity index (χ1n) is 5.09. The van der Waals surface area contributed by atoms with Gasteiger partial charge >= 0.3 is 0 Å². The van der Waals surface area contributed by atoms with Crippen molar-refractivity contribution in [3.63, 3.8) is 0 Å². The van der Waals surface area contributed by atoms with E-state index in [1.807, 2.05) is 12.1 Å². The van der Waals surface area contributed by atoms with Crippen LogP contribution in [-0.2, 0) is 0 Å². The molecule has 2 unspecified atom stereocenters. The average molecular weight is 193 g/mol. The highest BCUT2D eigenvalue weighted by Crippen LogP contribution is 2.22. The summed E-state index contributed by atoms with van der Waals surface area (Å²) in [6.07, 6.45) is 7.14. The smallest absolute Gasteiger partial charge is 0.137 e. The number of hydrogen-bond donors (Lipinski definition) is 1. The van der Waals surface area contributed by atoms with Gasteiger partial charge in [-0.25, -0.2) is 0 Å². The first kappa shape index (κ1) is 9.46. The third-order valence-corrected chi connectivity index (χ3v) is 2.54. The highest BCUT2D eigenvalue weighted by molar-refractivity contribution is 5.15. The van der Waals surface area contributed by atoms with Crippen molar-refractivity contribution in [1.29, 1.82) is 0 Å². The molecule has 2 rings (SSSR count). The number of nitrogens with zero attached hydrogens (tertiary/aromatic N) is 1. The number of rotatable bonds is 2. The predicted molar refractivity (Wildman–Crippen MR) is 53.1 cm³/mol. The summed E-state index contributed by atoms with van der Waals surface area (Å²) in [6, 6.07) is 3.75. The van der Waals surface area contributed by atoms with Gasteiger partial charge in [0, 0.05) is 12.6 Å². The minimum atomic E-state index is -0.189. The topological polar surface area (TPSA) is 42.4 Å². The van der Waals surface area contributed by atoms with Crippen molar-refractivity contribution >= 4 is 0 Å². The molecule has 0 aromatic carbocycles. The SMILES string of the molecule is OC1CCCC(Oc2cccnc2)C1. The Hall–Kier alpha value is -1.09. The van der Waals surface area contributed by atoms with Crippen molar-refractivity contribution < 1.29 is 9.84 Å². The Morgan fingerprint density at radius 1 is 1.43 bits per heavy atom. The molecule has 0 amide bonds. The lowest BCUT2D eigenvalue weighted by atomic mass is 9.95. The van der Waals surface area contributed by atoms with Gasteiger partial charge in [-0.05, 0) is 31.4 Å². The molecule has 14 heavy (non-hydrogen) atoms. The molecule has 1 aliphatic carbocycles. The van der Waals surface area contributed by atoms with E-state index in [0.717, 1.165) is 31.4 Å². The lowest BCUT2D eigenvalue weighted by Gasteiger charge is -2.26. The third-order valence-electron chi connectivity index (χ3n) is 2.54. The number of aliphatic hydroxyl groups excluding tert-OH is 1. The van der Waals surface area contributed by atoms with Crippen LogP contribution in [0.15, 0.2) is 24.5 Å². The lowest BCUT2D eigenvalue weighted by molar-refractivity contribution is 0.0535. The summed E-state index contributed by atoms with van der Waals surface area (Å²) in [5.41, 5.74) is 0. The van der Waals surface area contributed by atoms with E-state index in [4.69, 9.17) is 4.74 Å². The zero-order valence-electron chi connectivity index (χ0n) is 8.10. The van der Waals surface area contributed by atoms with E-state index in [1.54, 1.807) is 12.4 Å². The van der Waals surface area contributed by atoms with Crippen molar-refractivity contribution in [2.45, 2.75) is 37.9 Å². The monoisotopic (exact) mass is 193 g/mol. The van der Waals surface area contributed by atoms with E-state index in [1.165, 1.54) is 0 Å². The molecule has 0 saturated heterocycles. The van der Waals surface area contributed by atoms with Crippen LogP contribution in [-0.4, -0.2) is 22.3 Å². The molecule has 1 aromatic heterocycles. The van der Waals surface area contributed by atoms with Gasteiger partial charge in [0.05, 0.1) is 12.3 Å². The predicted octanol–water partition coefficient (Wildman–Crippen LogP) is 1.76. The van der Waals surface area contributed by atoms with E-state index < -0.39 is 0 Å². The first-order valence-corrected chi connectivity index (χ1v) is 5.09. The van der Waals surface area contributed by atoms with Crippen molar-refractivity contribution in [3.8, 4) is 5.75 Å². The molecule has 1 saturated carbocycles. The van der Waals surface area contributed by atoms with E-state index in [2.05, 4.69) is 4.98 Å². The third kappa shape index (κ3) is 2.45. The molecule has 1 N–H and O–H groups in total. The van der Waals surface area contributed by atoms with Gasteiger partial charge in [-0.1, -0.05) is 0 Å². The van der Waals surface area contributed by atoms with Crippen LogP contribution in [0.3, 0.4) is 0 Å². The fraction of sp³-hybridized carbons (Fsp3) is 0.545.